The SMILES string of the molecule is COc1ccccc1[C@@H]1NN(C(=O)c2cccc(Br)c2)[C@H]2C(=O)N(c3cccc(C)c3)C(=O)[C@@H]12. The second-order valence-corrected chi connectivity index (χ2v) is 9.27. The van der Waals surface area contributed by atoms with E-state index in [1.54, 1.807) is 49.6 Å². The van der Waals surface area contributed by atoms with Crippen molar-refractivity contribution in [3.63, 3.8) is 0 Å². The van der Waals surface area contributed by atoms with Crippen LogP contribution in [0.4, 0.5) is 5.69 Å². The van der Waals surface area contributed by atoms with Gasteiger partial charge in [0.25, 0.3) is 11.8 Å². The summed E-state index contributed by atoms with van der Waals surface area (Å²) in [7, 11) is 1.55. The van der Waals surface area contributed by atoms with Crippen LogP contribution in [-0.4, -0.2) is 35.9 Å². The van der Waals surface area contributed by atoms with Crippen molar-refractivity contribution in [3.8, 4) is 5.75 Å². The maximum atomic E-state index is 13.7. The van der Waals surface area contributed by atoms with Crippen LogP contribution in [0.1, 0.15) is 27.5 Å². The van der Waals surface area contributed by atoms with E-state index in [0.717, 1.165) is 10.0 Å². The monoisotopic (exact) mass is 519 g/mol. The molecule has 2 aliphatic heterocycles. The van der Waals surface area contributed by atoms with Gasteiger partial charge in [0.05, 0.1) is 24.8 Å². The number of hydrazine groups is 1. The van der Waals surface area contributed by atoms with E-state index in [1.807, 2.05) is 37.3 Å². The van der Waals surface area contributed by atoms with Gasteiger partial charge in [-0.2, -0.15) is 0 Å². The molecular weight excluding hydrogens is 498 g/mol. The van der Waals surface area contributed by atoms with E-state index < -0.39 is 23.9 Å². The average Bonchev–Trinajstić information content (AvgIpc) is 3.35. The maximum Gasteiger partial charge on any atom is 0.268 e. The lowest BCUT2D eigenvalue weighted by Gasteiger charge is -2.25. The smallest absolute Gasteiger partial charge is 0.268 e. The van der Waals surface area contributed by atoms with Gasteiger partial charge in [-0.1, -0.05) is 52.3 Å². The highest BCUT2D eigenvalue weighted by atomic mass is 79.9. The van der Waals surface area contributed by atoms with Crippen LogP contribution in [0.2, 0.25) is 0 Å². The molecule has 0 saturated carbocycles. The third-order valence-electron chi connectivity index (χ3n) is 6.26. The normalized spacial score (nSPS) is 21.7. The number of halogens is 1. The van der Waals surface area contributed by atoms with Gasteiger partial charge < -0.3 is 4.74 Å². The molecule has 7 nitrogen and oxygen atoms in total. The zero-order valence-electron chi connectivity index (χ0n) is 18.6. The molecule has 34 heavy (non-hydrogen) atoms. The lowest BCUT2D eigenvalue weighted by molar-refractivity contribution is -0.123. The molecule has 2 aliphatic rings. The van der Waals surface area contributed by atoms with E-state index >= 15 is 0 Å². The second kappa shape index (κ2) is 8.70. The molecule has 2 fully saturated rings. The van der Waals surface area contributed by atoms with Crippen LogP contribution < -0.4 is 15.1 Å². The Labute approximate surface area is 205 Å². The predicted molar refractivity (Wildman–Crippen MR) is 130 cm³/mol. The Morgan fingerprint density at radius 1 is 0.971 bits per heavy atom. The number of ether oxygens (including phenoxy) is 1. The van der Waals surface area contributed by atoms with Crippen molar-refractivity contribution in [2.75, 3.05) is 12.0 Å². The lowest BCUT2D eigenvalue weighted by Crippen LogP contribution is -2.48. The van der Waals surface area contributed by atoms with Gasteiger partial charge >= 0.3 is 0 Å². The minimum atomic E-state index is -0.991. The summed E-state index contributed by atoms with van der Waals surface area (Å²) in [5.74, 6) is -1.41. The number of nitrogens with one attached hydrogen (secondary N) is 1. The van der Waals surface area contributed by atoms with Crippen LogP contribution in [0.15, 0.2) is 77.3 Å². The van der Waals surface area contributed by atoms with Crippen molar-refractivity contribution in [3.05, 3.63) is 94.0 Å². The average molecular weight is 520 g/mol. The van der Waals surface area contributed by atoms with Gasteiger partial charge in [-0.05, 0) is 48.9 Å². The van der Waals surface area contributed by atoms with Crippen molar-refractivity contribution in [2.45, 2.75) is 19.0 Å². The summed E-state index contributed by atoms with van der Waals surface area (Å²) < 4.78 is 6.27. The minimum Gasteiger partial charge on any atom is -0.496 e. The van der Waals surface area contributed by atoms with Gasteiger partial charge in [0.15, 0.2) is 0 Å². The number of fused-ring (bicyclic) bond motifs is 1. The van der Waals surface area contributed by atoms with Gasteiger partial charge in [-0.25, -0.2) is 10.3 Å². The van der Waals surface area contributed by atoms with Crippen LogP contribution in [0, 0.1) is 12.8 Å². The highest BCUT2D eigenvalue weighted by Crippen LogP contribution is 2.44. The number of nitrogens with zero attached hydrogens (tertiary/aromatic N) is 2. The number of hydrogen-bond acceptors (Lipinski definition) is 5. The molecule has 3 amide bonds. The molecule has 3 atom stereocenters. The number of rotatable bonds is 4. The number of carbonyl (C=O) groups excluding carboxylic acids is 3. The number of para-hydroxylation sites is 1. The molecule has 0 bridgehead atoms. The first-order valence-electron chi connectivity index (χ1n) is 10.8. The van der Waals surface area contributed by atoms with Crippen molar-refractivity contribution < 1.29 is 19.1 Å². The summed E-state index contributed by atoms with van der Waals surface area (Å²) in [5, 5.41) is 1.31. The third-order valence-corrected chi connectivity index (χ3v) is 6.75. The Bertz CT molecular complexity index is 1310. The second-order valence-electron chi connectivity index (χ2n) is 8.36. The van der Waals surface area contributed by atoms with Crippen molar-refractivity contribution in [1.82, 2.24) is 10.4 Å². The Kier molecular flexibility index (Phi) is 5.71. The molecule has 0 aromatic heterocycles. The molecule has 5 rings (SSSR count). The minimum absolute atomic E-state index is 0.353. The standard InChI is InChI=1S/C26H22BrN3O4/c1-15-7-5-10-18(13-15)29-25(32)21-22(19-11-3-4-12-20(19)34-2)28-30(23(21)26(29)33)24(31)16-8-6-9-17(27)14-16/h3-14,21-23,28H,1-2H3/t21-,22-,23+/m0/s1. The zero-order chi connectivity index (χ0) is 24.0. The van der Waals surface area contributed by atoms with Crippen molar-refractivity contribution in [1.29, 1.82) is 0 Å². The largest absolute Gasteiger partial charge is 0.496 e. The van der Waals surface area contributed by atoms with Crippen LogP contribution in [0.5, 0.6) is 5.75 Å². The first-order valence-corrected chi connectivity index (χ1v) is 11.6. The maximum absolute atomic E-state index is 13.7. The van der Waals surface area contributed by atoms with Gasteiger partial charge in [0, 0.05) is 15.6 Å². The number of carbonyl (C=O) groups is 3. The predicted octanol–water partition coefficient (Wildman–Crippen LogP) is 4.03. The van der Waals surface area contributed by atoms with Crippen LogP contribution in [0.3, 0.4) is 0 Å². The fourth-order valence-corrected chi connectivity index (χ4v) is 5.14. The molecule has 3 aromatic rings. The fourth-order valence-electron chi connectivity index (χ4n) is 4.74. The molecular formula is C26H22BrN3O4. The Morgan fingerprint density at radius 2 is 1.74 bits per heavy atom. The summed E-state index contributed by atoms with van der Waals surface area (Å²) in [6.45, 7) is 1.90. The summed E-state index contributed by atoms with van der Waals surface area (Å²) in [4.78, 5) is 42.2. The van der Waals surface area contributed by atoms with E-state index in [9.17, 15) is 14.4 Å². The summed E-state index contributed by atoms with van der Waals surface area (Å²) in [6, 6.07) is 19.9. The number of amides is 3. The van der Waals surface area contributed by atoms with Crippen LogP contribution >= 0.6 is 15.9 Å². The van der Waals surface area contributed by atoms with E-state index in [1.165, 1.54) is 9.91 Å². The van der Waals surface area contributed by atoms with E-state index in [-0.39, 0.29) is 11.8 Å². The molecule has 0 radical (unpaired) electrons. The Morgan fingerprint density at radius 3 is 2.47 bits per heavy atom. The van der Waals surface area contributed by atoms with E-state index in [0.29, 0.717) is 22.6 Å². The number of hydrogen-bond donors (Lipinski definition) is 1. The first-order chi connectivity index (χ1) is 16.4. The number of anilines is 1. The highest BCUT2D eigenvalue weighted by Gasteiger charge is 2.60. The molecule has 0 spiro atoms. The summed E-state index contributed by atoms with van der Waals surface area (Å²) in [6.07, 6.45) is 0. The summed E-state index contributed by atoms with van der Waals surface area (Å²) >= 11 is 3.39. The van der Waals surface area contributed by atoms with E-state index in [2.05, 4.69) is 21.4 Å². The molecule has 172 valence electrons. The first kappa shape index (κ1) is 22.3. The number of methoxy groups -OCH3 is 1. The topological polar surface area (TPSA) is 79.0 Å². The molecule has 8 heteroatoms. The van der Waals surface area contributed by atoms with Crippen molar-refractivity contribution in [2.24, 2.45) is 5.92 Å². The molecule has 1 N–H and O–H groups in total. The molecule has 0 unspecified atom stereocenters. The Balaban J connectivity index is 1.61. The fraction of sp³-hybridized carbons (Fsp3) is 0.192. The summed E-state index contributed by atoms with van der Waals surface area (Å²) in [5.41, 5.74) is 5.70. The lowest BCUT2D eigenvalue weighted by atomic mass is 9.90. The number of imide groups is 1. The van der Waals surface area contributed by atoms with E-state index in [4.69, 9.17) is 4.74 Å². The number of benzene rings is 3. The van der Waals surface area contributed by atoms with Crippen LogP contribution in [-0.2, 0) is 9.59 Å². The molecule has 2 heterocycles. The number of aryl methyl sites for hydroxylation is 1. The van der Waals surface area contributed by atoms with Gasteiger partial charge in [0.1, 0.15) is 11.8 Å². The van der Waals surface area contributed by atoms with Crippen molar-refractivity contribution >= 4 is 39.3 Å². The highest BCUT2D eigenvalue weighted by molar-refractivity contribution is 9.10. The zero-order valence-corrected chi connectivity index (χ0v) is 20.2. The molecule has 2 saturated heterocycles. The van der Waals surface area contributed by atoms with Gasteiger partial charge in [0.2, 0.25) is 5.91 Å². The molecule has 3 aromatic carbocycles. The quantitative estimate of drug-likeness (QED) is 0.526. The molecule has 0 aliphatic carbocycles. The Hall–Kier alpha value is -3.49. The van der Waals surface area contributed by atoms with Gasteiger partial charge in [-0.15, -0.1) is 0 Å². The third kappa shape index (κ3) is 3.59. The van der Waals surface area contributed by atoms with Gasteiger partial charge in [-0.3, -0.25) is 19.4 Å². The van der Waals surface area contributed by atoms with Crippen LogP contribution in [0.25, 0.3) is 0 Å².